The normalized spacial score (nSPS) is 12.6. The van der Waals surface area contributed by atoms with E-state index in [1.165, 1.54) is 11.1 Å². The van der Waals surface area contributed by atoms with Crippen LogP contribution in [0.2, 0.25) is 0 Å². The smallest absolute Gasteiger partial charge is 0.115 e. The maximum atomic E-state index is 9.27. The summed E-state index contributed by atoms with van der Waals surface area (Å²) in [4.78, 5) is 0. The van der Waals surface area contributed by atoms with Crippen molar-refractivity contribution in [2.75, 3.05) is 6.54 Å². The van der Waals surface area contributed by atoms with E-state index in [1.807, 2.05) is 12.1 Å². The van der Waals surface area contributed by atoms with Crippen LogP contribution in [0.1, 0.15) is 30.9 Å². The van der Waals surface area contributed by atoms with Crippen molar-refractivity contribution in [2.24, 2.45) is 5.92 Å². The minimum absolute atomic E-state index is 0.318. The molecule has 1 atom stereocenters. The number of nitrogens with one attached hydrogen (secondary N) is 1. The molecular weight excluding hydrogens is 246 g/mol. The van der Waals surface area contributed by atoms with Gasteiger partial charge in [-0.25, -0.2) is 0 Å². The Morgan fingerprint density at radius 2 is 1.60 bits per heavy atom. The van der Waals surface area contributed by atoms with Gasteiger partial charge in [0.15, 0.2) is 0 Å². The van der Waals surface area contributed by atoms with E-state index in [0.29, 0.717) is 17.6 Å². The molecule has 0 radical (unpaired) electrons. The quantitative estimate of drug-likeness (QED) is 0.833. The topological polar surface area (TPSA) is 32.3 Å². The second-order valence-electron chi connectivity index (χ2n) is 5.56. The van der Waals surface area contributed by atoms with Gasteiger partial charge < -0.3 is 10.4 Å². The summed E-state index contributed by atoms with van der Waals surface area (Å²) < 4.78 is 0. The molecule has 2 rings (SSSR count). The van der Waals surface area contributed by atoms with Crippen molar-refractivity contribution in [3.8, 4) is 5.75 Å². The summed E-state index contributed by atoms with van der Waals surface area (Å²) in [6.45, 7) is 6.32. The number of aromatic hydroxyl groups is 1. The van der Waals surface area contributed by atoms with Crippen LogP contribution in [0.25, 0.3) is 0 Å². The van der Waals surface area contributed by atoms with Crippen LogP contribution >= 0.6 is 0 Å². The molecule has 106 valence electrons. The fraction of sp³-hybridized carbons (Fsp3) is 0.333. The molecule has 2 aromatic carbocycles. The van der Waals surface area contributed by atoms with Gasteiger partial charge in [0.2, 0.25) is 0 Å². The van der Waals surface area contributed by atoms with Crippen molar-refractivity contribution in [3.05, 3.63) is 65.7 Å². The van der Waals surface area contributed by atoms with E-state index < -0.39 is 0 Å². The molecule has 1 unspecified atom stereocenters. The summed E-state index contributed by atoms with van der Waals surface area (Å²) >= 11 is 0. The van der Waals surface area contributed by atoms with Gasteiger partial charge in [-0.15, -0.1) is 0 Å². The zero-order valence-corrected chi connectivity index (χ0v) is 12.2. The molecule has 2 aromatic rings. The second kappa shape index (κ2) is 7.11. The lowest BCUT2D eigenvalue weighted by molar-refractivity contribution is 0.460. The molecule has 0 aliphatic rings. The van der Waals surface area contributed by atoms with Gasteiger partial charge in [0.1, 0.15) is 5.75 Å². The van der Waals surface area contributed by atoms with Crippen molar-refractivity contribution < 1.29 is 5.11 Å². The highest BCUT2D eigenvalue weighted by atomic mass is 16.3. The molecule has 0 aliphatic heterocycles. The fourth-order valence-corrected chi connectivity index (χ4v) is 2.42. The van der Waals surface area contributed by atoms with Crippen LogP contribution in [0.5, 0.6) is 5.75 Å². The Kier molecular flexibility index (Phi) is 5.19. The van der Waals surface area contributed by atoms with Crippen molar-refractivity contribution in [3.63, 3.8) is 0 Å². The monoisotopic (exact) mass is 269 g/mol. The second-order valence-corrected chi connectivity index (χ2v) is 5.56. The molecule has 2 heteroatoms. The number of hydrogen-bond acceptors (Lipinski definition) is 2. The first-order valence-corrected chi connectivity index (χ1v) is 7.20. The Bertz CT molecular complexity index is 505. The molecule has 2 nitrogen and oxygen atoms in total. The van der Waals surface area contributed by atoms with E-state index in [-0.39, 0.29) is 0 Å². The van der Waals surface area contributed by atoms with Crippen molar-refractivity contribution in [2.45, 2.75) is 26.3 Å². The van der Waals surface area contributed by atoms with Crippen LogP contribution in [0.15, 0.2) is 54.6 Å². The highest BCUT2D eigenvalue weighted by molar-refractivity contribution is 5.26. The molecule has 0 saturated heterocycles. The molecule has 2 N–H and O–H groups in total. The zero-order chi connectivity index (χ0) is 14.4. The van der Waals surface area contributed by atoms with Crippen LogP contribution in [0.4, 0.5) is 0 Å². The Hall–Kier alpha value is -1.80. The molecule has 0 heterocycles. The van der Waals surface area contributed by atoms with Crippen LogP contribution in [0.3, 0.4) is 0 Å². The first-order valence-electron chi connectivity index (χ1n) is 7.20. The highest BCUT2D eigenvalue weighted by Crippen LogP contribution is 2.23. The van der Waals surface area contributed by atoms with Gasteiger partial charge in [0, 0.05) is 13.1 Å². The fourth-order valence-electron chi connectivity index (χ4n) is 2.42. The summed E-state index contributed by atoms with van der Waals surface area (Å²) in [7, 11) is 0. The van der Waals surface area contributed by atoms with E-state index in [0.717, 1.165) is 13.1 Å². The molecule has 0 aromatic heterocycles. The minimum Gasteiger partial charge on any atom is -0.508 e. The van der Waals surface area contributed by atoms with Crippen molar-refractivity contribution in [1.29, 1.82) is 0 Å². The molecule has 0 aliphatic carbocycles. The first kappa shape index (κ1) is 14.6. The standard InChI is InChI=1S/C18H23NO/c1-14(2)18(16-6-4-3-5-7-16)13-19-12-15-8-10-17(20)11-9-15/h3-11,14,18-20H,12-13H2,1-2H3. The highest BCUT2D eigenvalue weighted by Gasteiger charge is 2.14. The van der Waals surface area contributed by atoms with Gasteiger partial charge in [-0.05, 0) is 35.1 Å². The lowest BCUT2D eigenvalue weighted by atomic mass is 9.88. The maximum absolute atomic E-state index is 9.27. The van der Waals surface area contributed by atoms with E-state index in [2.05, 4.69) is 49.5 Å². The lowest BCUT2D eigenvalue weighted by Crippen LogP contribution is -2.24. The average Bonchev–Trinajstić information content (AvgIpc) is 2.46. The predicted octanol–water partition coefficient (Wildman–Crippen LogP) is 3.92. The zero-order valence-electron chi connectivity index (χ0n) is 12.2. The molecule has 0 fully saturated rings. The Morgan fingerprint density at radius 1 is 0.950 bits per heavy atom. The van der Waals surface area contributed by atoms with E-state index in [4.69, 9.17) is 0 Å². The molecule has 0 amide bonds. The van der Waals surface area contributed by atoms with E-state index >= 15 is 0 Å². The van der Waals surface area contributed by atoms with Gasteiger partial charge in [-0.3, -0.25) is 0 Å². The molecule has 20 heavy (non-hydrogen) atoms. The maximum Gasteiger partial charge on any atom is 0.115 e. The third-order valence-electron chi connectivity index (χ3n) is 3.66. The third-order valence-corrected chi connectivity index (χ3v) is 3.66. The number of phenols is 1. The van der Waals surface area contributed by atoms with Gasteiger partial charge in [-0.1, -0.05) is 56.3 Å². The Balaban J connectivity index is 1.91. The van der Waals surface area contributed by atoms with Gasteiger partial charge in [0.05, 0.1) is 0 Å². The average molecular weight is 269 g/mol. The lowest BCUT2D eigenvalue weighted by Gasteiger charge is -2.22. The van der Waals surface area contributed by atoms with Gasteiger partial charge in [-0.2, -0.15) is 0 Å². The van der Waals surface area contributed by atoms with Crippen molar-refractivity contribution >= 4 is 0 Å². The van der Waals surface area contributed by atoms with E-state index in [1.54, 1.807) is 12.1 Å². The summed E-state index contributed by atoms with van der Waals surface area (Å²) in [5.41, 5.74) is 2.58. The third kappa shape index (κ3) is 4.10. The molecule has 0 spiro atoms. The summed E-state index contributed by atoms with van der Waals surface area (Å²) in [6, 6.07) is 18.0. The Labute approximate surface area is 121 Å². The summed E-state index contributed by atoms with van der Waals surface area (Å²) in [6.07, 6.45) is 0. The van der Waals surface area contributed by atoms with Gasteiger partial charge in [0.25, 0.3) is 0 Å². The number of rotatable bonds is 6. The number of hydrogen-bond donors (Lipinski definition) is 2. The van der Waals surface area contributed by atoms with Crippen LogP contribution < -0.4 is 5.32 Å². The first-order chi connectivity index (χ1) is 9.66. The molecule has 0 bridgehead atoms. The van der Waals surface area contributed by atoms with E-state index in [9.17, 15) is 5.11 Å². The number of benzene rings is 2. The summed E-state index contributed by atoms with van der Waals surface area (Å²) in [5, 5.41) is 12.8. The molecule has 0 saturated carbocycles. The minimum atomic E-state index is 0.318. The Morgan fingerprint density at radius 3 is 2.20 bits per heavy atom. The van der Waals surface area contributed by atoms with Crippen molar-refractivity contribution in [1.82, 2.24) is 5.32 Å². The largest absolute Gasteiger partial charge is 0.508 e. The number of phenolic OH excluding ortho intramolecular Hbond substituents is 1. The van der Waals surface area contributed by atoms with Crippen LogP contribution in [-0.4, -0.2) is 11.7 Å². The predicted molar refractivity (Wildman–Crippen MR) is 83.8 cm³/mol. The van der Waals surface area contributed by atoms with Crippen LogP contribution in [-0.2, 0) is 6.54 Å². The van der Waals surface area contributed by atoms with Crippen LogP contribution in [0, 0.1) is 5.92 Å². The van der Waals surface area contributed by atoms with Gasteiger partial charge >= 0.3 is 0 Å². The summed E-state index contributed by atoms with van der Waals surface area (Å²) in [5.74, 6) is 1.44. The SMILES string of the molecule is CC(C)C(CNCc1ccc(O)cc1)c1ccccc1. The molecular formula is C18H23NO.